The van der Waals surface area contributed by atoms with Gasteiger partial charge < -0.3 is 9.67 Å². The molecule has 2 aliphatic carbocycles. The number of aliphatic hydroxyl groups excluding tert-OH is 1. The minimum Gasteiger partial charge on any atom is -0.386 e. The predicted molar refractivity (Wildman–Crippen MR) is 77.6 cm³/mol. The van der Waals surface area contributed by atoms with Crippen molar-refractivity contribution in [1.82, 2.24) is 9.55 Å². The van der Waals surface area contributed by atoms with E-state index in [0.717, 1.165) is 31.2 Å². The van der Waals surface area contributed by atoms with E-state index in [9.17, 15) is 5.11 Å². The molecule has 0 fully saturated rings. The molecule has 2 aliphatic rings. The van der Waals surface area contributed by atoms with Crippen LogP contribution >= 0.6 is 0 Å². The standard InChI is InChI=1S/C17H20N2O/c20-17-13-6-2-1-5-12(13)9-10-16(17)19-11-18-14-7-3-4-8-15(14)19/h1-2,5-6,11,16-17,20H,3-4,7-10H2. The molecule has 3 nitrogen and oxygen atoms in total. The normalized spacial score (nSPS) is 25.1. The van der Waals surface area contributed by atoms with Gasteiger partial charge in [-0.25, -0.2) is 4.98 Å². The number of imidazole rings is 1. The van der Waals surface area contributed by atoms with E-state index in [4.69, 9.17) is 0 Å². The predicted octanol–water partition coefficient (Wildman–Crippen LogP) is 2.98. The SMILES string of the molecule is OC1c2ccccc2CCC1n1cnc2c1CCCC2. The zero-order valence-corrected chi connectivity index (χ0v) is 11.6. The fourth-order valence-electron chi connectivity index (χ4n) is 3.79. The smallest absolute Gasteiger partial charge is 0.1000 e. The van der Waals surface area contributed by atoms with Crippen LogP contribution in [0.3, 0.4) is 0 Å². The highest BCUT2D eigenvalue weighted by atomic mass is 16.3. The Morgan fingerprint density at radius 3 is 2.90 bits per heavy atom. The summed E-state index contributed by atoms with van der Waals surface area (Å²) in [6.45, 7) is 0. The van der Waals surface area contributed by atoms with Crippen molar-refractivity contribution in [2.24, 2.45) is 0 Å². The number of aryl methyl sites for hydroxylation is 2. The fraction of sp³-hybridized carbons (Fsp3) is 0.471. The van der Waals surface area contributed by atoms with Crippen LogP contribution in [0, 0.1) is 0 Å². The molecule has 0 aliphatic heterocycles. The molecular weight excluding hydrogens is 248 g/mol. The van der Waals surface area contributed by atoms with Gasteiger partial charge in [-0.05, 0) is 49.7 Å². The number of aliphatic hydroxyl groups is 1. The quantitative estimate of drug-likeness (QED) is 0.863. The lowest BCUT2D eigenvalue weighted by Crippen LogP contribution is -2.25. The Morgan fingerprint density at radius 2 is 1.95 bits per heavy atom. The monoisotopic (exact) mass is 268 g/mol. The molecule has 2 aromatic rings. The van der Waals surface area contributed by atoms with Crippen molar-refractivity contribution in [1.29, 1.82) is 0 Å². The van der Waals surface area contributed by atoms with E-state index in [-0.39, 0.29) is 6.04 Å². The maximum Gasteiger partial charge on any atom is 0.1000 e. The Bertz CT molecular complexity index is 632. The molecule has 0 saturated heterocycles. The summed E-state index contributed by atoms with van der Waals surface area (Å²) in [6.07, 6.45) is 8.31. The van der Waals surface area contributed by atoms with Crippen LogP contribution < -0.4 is 0 Å². The Labute approximate surface area is 119 Å². The van der Waals surface area contributed by atoms with Crippen LogP contribution in [0.5, 0.6) is 0 Å². The lowest BCUT2D eigenvalue weighted by atomic mass is 9.85. The zero-order chi connectivity index (χ0) is 13.5. The van der Waals surface area contributed by atoms with E-state index in [1.807, 2.05) is 12.4 Å². The summed E-state index contributed by atoms with van der Waals surface area (Å²) in [5, 5.41) is 10.7. The number of hydrogen-bond acceptors (Lipinski definition) is 2. The molecule has 0 spiro atoms. The lowest BCUT2D eigenvalue weighted by molar-refractivity contribution is 0.0972. The highest BCUT2D eigenvalue weighted by Crippen LogP contribution is 2.39. The Kier molecular flexibility index (Phi) is 2.88. The van der Waals surface area contributed by atoms with Crippen molar-refractivity contribution in [2.75, 3.05) is 0 Å². The molecule has 20 heavy (non-hydrogen) atoms. The second-order valence-electron chi connectivity index (χ2n) is 6.00. The van der Waals surface area contributed by atoms with E-state index >= 15 is 0 Å². The summed E-state index contributed by atoms with van der Waals surface area (Å²) >= 11 is 0. The third kappa shape index (κ3) is 1.80. The van der Waals surface area contributed by atoms with Gasteiger partial charge in [0.25, 0.3) is 0 Å². The van der Waals surface area contributed by atoms with Gasteiger partial charge in [-0.1, -0.05) is 24.3 Å². The van der Waals surface area contributed by atoms with Crippen LogP contribution in [0.15, 0.2) is 30.6 Å². The Morgan fingerprint density at radius 1 is 1.10 bits per heavy atom. The Hall–Kier alpha value is -1.61. The van der Waals surface area contributed by atoms with E-state index in [2.05, 4.69) is 27.8 Å². The summed E-state index contributed by atoms with van der Waals surface area (Å²) in [5.74, 6) is 0. The van der Waals surface area contributed by atoms with Gasteiger partial charge in [0.15, 0.2) is 0 Å². The largest absolute Gasteiger partial charge is 0.386 e. The van der Waals surface area contributed by atoms with Crippen LogP contribution in [-0.2, 0) is 19.3 Å². The summed E-state index contributed by atoms with van der Waals surface area (Å²) in [6, 6.07) is 8.44. The third-order valence-corrected chi connectivity index (χ3v) is 4.86. The third-order valence-electron chi connectivity index (χ3n) is 4.86. The molecule has 104 valence electrons. The number of fused-ring (bicyclic) bond motifs is 2. The average molecular weight is 268 g/mol. The van der Waals surface area contributed by atoms with Gasteiger partial charge in [0.05, 0.1) is 24.2 Å². The number of hydrogen-bond donors (Lipinski definition) is 1. The lowest BCUT2D eigenvalue weighted by Gasteiger charge is -2.32. The maximum atomic E-state index is 10.7. The van der Waals surface area contributed by atoms with E-state index in [0.29, 0.717) is 0 Å². The van der Waals surface area contributed by atoms with Crippen LogP contribution in [-0.4, -0.2) is 14.7 Å². The van der Waals surface area contributed by atoms with Crippen LogP contribution in [0.4, 0.5) is 0 Å². The van der Waals surface area contributed by atoms with Crippen molar-refractivity contribution in [3.05, 3.63) is 53.1 Å². The van der Waals surface area contributed by atoms with E-state index in [1.165, 1.54) is 29.8 Å². The molecule has 1 aromatic heterocycles. The van der Waals surface area contributed by atoms with Gasteiger partial charge in [-0.2, -0.15) is 0 Å². The number of nitrogens with zero attached hydrogens (tertiary/aromatic N) is 2. The second-order valence-corrected chi connectivity index (χ2v) is 6.00. The Balaban J connectivity index is 1.72. The summed E-state index contributed by atoms with van der Waals surface area (Å²) in [5.41, 5.74) is 5.01. The number of benzene rings is 1. The molecule has 2 unspecified atom stereocenters. The molecule has 4 rings (SSSR count). The van der Waals surface area contributed by atoms with Gasteiger partial charge in [-0.15, -0.1) is 0 Å². The van der Waals surface area contributed by atoms with E-state index < -0.39 is 6.10 Å². The van der Waals surface area contributed by atoms with Gasteiger partial charge in [0.1, 0.15) is 0 Å². The highest BCUT2D eigenvalue weighted by molar-refractivity contribution is 5.33. The van der Waals surface area contributed by atoms with Crippen LogP contribution in [0.1, 0.15) is 53.9 Å². The second kappa shape index (κ2) is 4.74. The minimum atomic E-state index is -0.403. The molecule has 0 radical (unpaired) electrons. The summed E-state index contributed by atoms with van der Waals surface area (Å²) in [4.78, 5) is 4.57. The molecule has 2 atom stereocenters. The van der Waals surface area contributed by atoms with Crippen molar-refractivity contribution in [3.8, 4) is 0 Å². The number of aromatic nitrogens is 2. The van der Waals surface area contributed by atoms with Gasteiger partial charge in [0, 0.05) is 5.69 Å². The van der Waals surface area contributed by atoms with E-state index in [1.54, 1.807) is 0 Å². The molecule has 3 heteroatoms. The summed E-state index contributed by atoms with van der Waals surface area (Å²) in [7, 11) is 0. The molecule has 0 amide bonds. The van der Waals surface area contributed by atoms with Crippen LogP contribution in [0.2, 0.25) is 0 Å². The molecule has 1 heterocycles. The fourth-order valence-corrected chi connectivity index (χ4v) is 3.79. The first-order valence-electron chi connectivity index (χ1n) is 7.65. The molecular formula is C17H20N2O. The molecule has 1 aromatic carbocycles. The highest BCUT2D eigenvalue weighted by Gasteiger charge is 2.31. The van der Waals surface area contributed by atoms with Crippen LogP contribution in [0.25, 0.3) is 0 Å². The minimum absolute atomic E-state index is 0.152. The van der Waals surface area contributed by atoms with Gasteiger partial charge in [-0.3, -0.25) is 0 Å². The molecule has 0 bridgehead atoms. The maximum absolute atomic E-state index is 10.7. The zero-order valence-electron chi connectivity index (χ0n) is 11.6. The first-order valence-corrected chi connectivity index (χ1v) is 7.65. The first kappa shape index (κ1) is 12.2. The molecule has 1 N–H and O–H groups in total. The summed E-state index contributed by atoms with van der Waals surface area (Å²) < 4.78 is 2.26. The molecule has 0 saturated carbocycles. The average Bonchev–Trinajstić information content (AvgIpc) is 2.92. The van der Waals surface area contributed by atoms with Crippen molar-refractivity contribution in [3.63, 3.8) is 0 Å². The first-order chi connectivity index (χ1) is 9.84. The van der Waals surface area contributed by atoms with Crippen molar-refractivity contribution in [2.45, 2.75) is 50.7 Å². The topological polar surface area (TPSA) is 38.0 Å². The van der Waals surface area contributed by atoms with Crippen molar-refractivity contribution < 1.29 is 5.11 Å². The van der Waals surface area contributed by atoms with Gasteiger partial charge in [0.2, 0.25) is 0 Å². The van der Waals surface area contributed by atoms with Gasteiger partial charge >= 0.3 is 0 Å². The number of rotatable bonds is 1. The van der Waals surface area contributed by atoms with Crippen molar-refractivity contribution >= 4 is 0 Å².